The predicted octanol–water partition coefficient (Wildman–Crippen LogP) is 3.96. The lowest BCUT2D eigenvalue weighted by Crippen LogP contribution is -2.30. The summed E-state index contributed by atoms with van der Waals surface area (Å²) in [7, 11) is 0. The van der Waals surface area contributed by atoms with Crippen molar-refractivity contribution in [3.8, 4) is 0 Å². The van der Waals surface area contributed by atoms with E-state index in [1.165, 1.54) is 4.90 Å². The summed E-state index contributed by atoms with van der Waals surface area (Å²) in [6, 6.07) is 12.8. The van der Waals surface area contributed by atoms with Crippen molar-refractivity contribution in [3.05, 3.63) is 71.3 Å². The summed E-state index contributed by atoms with van der Waals surface area (Å²) in [5.41, 5.74) is 2.93. The van der Waals surface area contributed by atoms with Crippen LogP contribution in [-0.4, -0.2) is 30.3 Å². The Balaban J connectivity index is 1.44. The number of benzene rings is 2. The molecule has 4 rings (SSSR count). The number of rotatable bonds is 5. The highest BCUT2D eigenvalue weighted by Gasteiger charge is 2.48. The van der Waals surface area contributed by atoms with Gasteiger partial charge >= 0.3 is 5.97 Å². The van der Waals surface area contributed by atoms with E-state index in [9.17, 15) is 19.2 Å². The van der Waals surface area contributed by atoms with Crippen LogP contribution in [0.4, 0.5) is 11.4 Å². The quantitative estimate of drug-likeness (QED) is 0.439. The third kappa shape index (κ3) is 4.06. The summed E-state index contributed by atoms with van der Waals surface area (Å²) in [6.45, 7) is 4.01. The molecule has 0 radical (unpaired) electrons. The first-order valence-electron chi connectivity index (χ1n) is 10.6. The highest BCUT2D eigenvalue weighted by atomic mass is 16.5. The lowest BCUT2D eigenvalue weighted by molar-refractivity contribution is -0.122. The second kappa shape index (κ2) is 8.78. The highest BCUT2D eigenvalue weighted by Crippen LogP contribution is 2.39. The Labute approximate surface area is 186 Å². The Morgan fingerprint density at radius 3 is 2.25 bits per heavy atom. The van der Waals surface area contributed by atoms with Crippen molar-refractivity contribution in [2.24, 2.45) is 11.8 Å². The van der Waals surface area contributed by atoms with E-state index in [2.05, 4.69) is 5.32 Å². The minimum absolute atomic E-state index is 0.175. The number of ether oxygens (including phenoxy) is 1. The van der Waals surface area contributed by atoms with Gasteiger partial charge in [-0.3, -0.25) is 19.3 Å². The van der Waals surface area contributed by atoms with Crippen LogP contribution in [0.3, 0.4) is 0 Å². The fourth-order valence-electron chi connectivity index (χ4n) is 4.16. The number of nitrogens with one attached hydrogen (secondary N) is 1. The number of esters is 1. The number of anilines is 2. The molecule has 32 heavy (non-hydrogen) atoms. The summed E-state index contributed by atoms with van der Waals surface area (Å²) in [6.07, 6.45) is 3.23. The van der Waals surface area contributed by atoms with Crippen molar-refractivity contribution in [1.82, 2.24) is 0 Å². The molecule has 1 N–H and O–H groups in total. The number of nitrogens with zero attached hydrogens (tertiary/aromatic N) is 1. The average molecular weight is 432 g/mol. The van der Waals surface area contributed by atoms with E-state index in [0.29, 0.717) is 42.0 Å². The van der Waals surface area contributed by atoms with E-state index in [1.54, 1.807) is 55.5 Å². The zero-order valence-electron chi connectivity index (χ0n) is 18.0. The molecule has 2 aromatic carbocycles. The number of hydrogen-bond acceptors (Lipinski definition) is 5. The third-order valence-electron chi connectivity index (χ3n) is 5.86. The molecule has 2 aromatic rings. The summed E-state index contributed by atoms with van der Waals surface area (Å²) in [4.78, 5) is 51.2. The van der Waals surface area contributed by atoms with E-state index in [1.807, 2.05) is 13.0 Å². The number of hydrogen-bond donors (Lipinski definition) is 1. The first-order valence-corrected chi connectivity index (χ1v) is 10.6. The zero-order chi connectivity index (χ0) is 22.8. The van der Waals surface area contributed by atoms with Crippen LogP contribution >= 0.6 is 0 Å². The largest absolute Gasteiger partial charge is 0.462 e. The molecule has 1 fully saturated rings. The topological polar surface area (TPSA) is 92.8 Å². The Bertz CT molecular complexity index is 1100. The van der Waals surface area contributed by atoms with Crippen LogP contribution in [0.1, 0.15) is 47.4 Å². The molecular weight excluding hydrogens is 408 g/mol. The molecule has 7 nitrogen and oxygen atoms in total. The Morgan fingerprint density at radius 2 is 1.59 bits per heavy atom. The van der Waals surface area contributed by atoms with E-state index in [0.717, 1.165) is 5.57 Å². The molecule has 1 heterocycles. The SMILES string of the molecule is CCOC(=O)c1ccc(NC(=O)c2ccc(N3C(=O)[C@H]4CC=C(C)C[C@H]4C3=O)cc2)cc1. The second-order valence-electron chi connectivity index (χ2n) is 8.01. The Kier molecular flexibility index (Phi) is 5.90. The second-order valence-corrected chi connectivity index (χ2v) is 8.01. The molecule has 2 atom stereocenters. The molecule has 1 aliphatic carbocycles. The standard InChI is InChI=1S/C25H24N2O5/c1-3-32-25(31)17-5-9-18(10-6-17)26-22(28)16-7-11-19(12-8-16)27-23(29)20-13-4-15(2)14-21(20)24(27)30/h4-12,20-21H,3,13-14H2,1-2H3,(H,26,28)/t20-,21+/m0/s1. The molecule has 1 saturated heterocycles. The number of carbonyl (C=O) groups is 4. The van der Waals surface area contributed by atoms with Gasteiger partial charge in [0, 0.05) is 11.3 Å². The summed E-state index contributed by atoms with van der Waals surface area (Å²) in [5, 5.41) is 2.76. The van der Waals surface area contributed by atoms with Crippen LogP contribution in [0, 0.1) is 11.8 Å². The minimum Gasteiger partial charge on any atom is -0.462 e. The lowest BCUT2D eigenvalue weighted by Gasteiger charge is -2.18. The van der Waals surface area contributed by atoms with Crippen LogP contribution < -0.4 is 10.2 Å². The number of fused-ring (bicyclic) bond motifs is 1. The van der Waals surface area contributed by atoms with Crippen molar-refractivity contribution < 1.29 is 23.9 Å². The van der Waals surface area contributed by atoms with Gasteiger partial charge in [0.15, 0.2) is 0 Å². The number of amides is 3. The van der Waals surface area contributed by atoms with Gasteiger partial charge in [-0.15, -0.1) is 0 Å². The van der Waals surface area contributed by atoms with E-state index < -0.39 is 5.97 Å². The van der Waals surface area contributed by atoms with Crippen LogP contribution in [0.25, 0.3) is 0 Å². The van der Waals surface area contributed by atoms with E-state index in [-0.39, 0.29) is 29.6 Å². The molecular formula is C25H24N2O5. The maximum atomic E-state index is 12.8. The van der Waals surface area contributed by atoms with Gasteiger partial charge in [0.2, 0.25) is 11.8 Å². The minimum atomic E-state index is -0.419. The Hall–Kier alpha value is -3.74. The lowest BCUT2D eigenvalue weighted by atomic mass is 9.82. The van der Waals surface area contributed by atoms with Gasteiger partial charge in [-0.25, -0.2) is 4.79 Å². The van der Waals surface area contributed by atoms with Crippen LogP contribution in [0.15, 0.2) is 60.2 Å². The molecule has 7 heteroatoms. The first-order chi connectivity index (χ1) is 15.4. The number of imide groups is 1. The van der Waals surface area contributed by atoms with Crippen LogP contribution in [0.5, 0.6) is 0 Å². The van der Waals surface area contributed by atoms with Gasteiger partial charge in [0.1, 0.15) is 0 Å². The number of allylic oxidation sites excluding steroid dienone is 2. The fourth-order valence-corrected chi connectivity index (χ4v) is 4.16. The van der Waals surface area contributed by atoms with Crippen molar-refractivity contribution in [1.29, 1.82) is 0 Å². The molecule has 164 valence electrons. The maximum absolute atomic E-state index is 12.8. The van der Waals surface area contributed by atoms with E-state index >= 15 is 0 Å². The summed E-state index contributed by atoms with van der Waals surface area (Å²) < 4.78 is 4.94. The van der Waals surface area contributed by atoms with Gasteiger partial charge in [-0.1, -0.05) is 11.6 Å². The van der Waals surface area contributed by atoms with Gasteiger partial charge in [-0.05, 0) is 75.2 Å². The smallest absolute Gasteiger partial charge is 0.338 e. The summed E-state index contributed by atoms with van der Waals surface area (Å²) >= 11 is 0. The fraction of sp³-hybridized carbons (Fsp3) is 0.280. The van der Waals surface area contributed by atoms with Gasteiger partial charge in [0.05, 0.1) is 29.7 Å². The third-order valence-corrected chi connectivity index (χ3v) is 5.86. The zero-order valence-corrected chi connectivity index (χ0v) is 18.0. The van der Waals surface area contributed by atoms with Gasteiger partial charge < -0.3 is 10.1 Å². The van der Waals surface area contributed by atoms with Crippen LogP contribution in [-0.2, 0) is 14.3 Å². The molecule has 0 unspecified atom stereocenters. The average Bonchev–Trinajstić information content (AvgIpc) is 3.04. The molecule has 0 saturated carbocycles. The van der Waals surface area contributed by atoms with Crippen molar-refractivity contribution in [2.75, 3.05) is 16.8 Å². The predicted molar refractivity (Wildman–Crippen MR) is 119 cm³/mol. The monoisotopic (exact) mass is 432 g/mol. The van der Waals surface area contributed by atoms with Crippen LogP contribution in [0.2, 0.25) is 0 Å². The van der Waals surface area contributed by atoms with Crippen molar-refractivity contribution in [3.63, 3.8) is 0 Å². The molecule has 1 aliphatic heterocycles. The van der Waals surface area contributed by atoms with E-state index in [4.69, 9.17) is 4.74 Å². The van der Waals surface area contributed by atoms with Gasteiger partial charge in [-0.2, -0.15) is 0 Å². The molecule has 0 aromatic heterocycles. The van der Waals surface area contributed by atoms with Crippen molar-refractivity contribution >= 4 is 35.1 Å². The molecule has 2 aliphatic rings. The van der Waals surface area contributed by atoms with Crippen molar-refractivity contribution in [2.45, 2.75) is 26.7 Å². The normalized spacial score (nSPS) is 19.9. The van der Waals surface area contributed by atoms with Gasteiger partial charge in [0.25, 0.3) is 5.91 Å². The maximum Gasteiger partial charge on any atom is 0.338 e. The number of carbonyl (C=O) groups excluding carboxylic acids is 4. The first kappa shape index (κ1) is 21.5. The molecule has 0 bridgehead atoms. The molecule has 0 spiro atoms. The Morgan fingerprint density at radius 1 is 0.969 bits per heavy atom. The molecule has 3 amide bonds. The highest BCUT2D eigenvalue weighted by molar-refractivity contribution is 6.22. The summed E-state index contributed by atoms with van der Waals surface area (Å²) in [5.74, 6) is -1.71.